The number of nitrogens with one attached hydrogen (secondary N) is 3. The van der Waals surface area contributed by atoms with Gasteiger partial charge >= 0.3 is 0 Å². The molecule has 4 aromatic rings. The van der Waals surface area contributed by atoms with Crippen molar-refractivity contribution in [2.24, 2.45) is 0 Å². The van der Waals surface area contributed by atoms with Crippen molar-refractivity contribution >= 4 is 17.5 Å². The number of aryl methyl sites for hydroxylation is 1. The van der Waals surface area contributed by atoms with Gasteiger partial charge < -0.3 is 10.6 Å². The summed E-state index contributed by atoms with van der Waals surface area (Å²) in [6, 6.07) is 7.98. The van der Waals surface area contributed by atoms with Crippen LogP contribution in [-0.2, 0) is 12.1 Å². The number of amides is 1. The maximum absolute atomic E-state index is 12.6. The summed E-state index contributed by atoms with van der Waals surface area (Å²) in [5.74, 6) is 0.642. The second kappa shape index (κ2) is 9.69. The number of anilines is 2. The molecule has 1 aromatic carbocycles. The monoisotopic (exact) mass is 472 g/mol. The second-order valence-corrected chi connectivity index (χ2v) is 9.90. The number of hydrogen-bond acceptors (Lipinski definition) is 6. The molecule has 0 aliphatic carbocycles. The third-order valence-corrected chi connectivity index (χ3v) is 5.73. The van der Waals surface area contributed by atoms with E-state index in [1.54, 1.807) is 23.3 Å². The van der Waals surface area contributed by atoms with Crippen LogP contribution in [-0.4, -0.2) is 35.9 Å². The van der Waals surface area contributed by atoms with Crippen LogP contribution in [0.15, 0.2) is 49.1 Å². The Bertz CT molecular complexity index is 1330. The van der Waals surface area contributed by atoms with Gasteiger partial charge in [0.15, 0.2) is 0 Å². The van der Waals surface area contributed by atoms with Crippen LogP contribution < -0.4 is 10.6 Å². The molecular formula is C26H32N8O. The summed E-state index contributed by atoms with van der Waals surface area (Å²) in [6.45, 7) is 12.8. The molecule has 0 saturated heterocycles. The largest absolute Gasteiger partial charge is 0.348 e. The van der Waals surface area contributed by atoms with Gasteiger partial charge in [0.05, 0.1) is 34.4 Å². The number of H-pyrrole nitrogens is 1. The molecule has 0 spiro atoms. The normalized spacial score (nSPS) is 11.6. The van der Waals surface area contributed by atoms with Crippen molar-refractivity contribution in [3.63, 3.8) is 0 Å². The minimum Gasteiger partial charge on any atom is -0.348 e. The molecule has 0 bridgehead atoms. The molecule has 4 rings (SSSR count). The topological polar surface area (TPSA) is 113 Å². The molecule has 35 heavy (non-hydrogen) atoms. The van der Waals surface area contributed by atoms with Crippen LogP contribution in [0.25, 0.3) is 11.3 Å². The van der Waals surface area contributed by atoms with Gasteiger partial charge in [0.2, 0.25) is 5.95 Å². The van der Waals surface area contributed by atoms with Crippen LogP contribution in [0.3, 0.4) is 0 Å². The van der Waals surface area contributed by atoms with E-state index in [2.05, 4.69) is 55.8 Å². The Hall–Kier alpha value is -4.01. The lowest BCUT2D eigenvalue weighted by molar-refractivity contribution is 0.0950. The molecule has 3 heterocycles. The molecule has 182 valence electrons. The number of aromatic amines is 1. The highest BCUT2D eigenvalue weighted by molar-refractivity contribution is 5.93. The molecule has 3 N–H and O–H groups in total. The smallest absolute Gasteiger partial charge is 0.254 e. The highest BCUT2D eigenvalue weighted by atomic mass is 16.1. The lowest BCUT2D eigenvalue weighted by Gasteiger charge is -2.18. The predicted octanol–water partition coefficient (Wildman–Crippen LogP) is 4.92. The molecule has 0 aliphatic heterocycles. The Morgan fingerprint density at radius 3 is 2.69 bits per heavy atom. The first-order chi connectivity index (χ1) is 16.6. The van der Waals surface area contributed by atoms with Crippen LogP contribution in [0, 0.1) is 6.92 Å². The van der Waals surface area contributed by atoms with Gasteiger partial charge in [-0.05, 0) is 56.9 Å². The number of aromatic nitrogens is 6. The minimum absolute atomic E-state index is 0.143. The fraction of sp³-hybridized carbons (Fsp3) is 0.346. The number of carbonyl (C=O) groups excluding carboxylic acids is 1. The van der Waals surface area contributed by atoms with Gasteiger partial charge in [0, 0.05) is 30.7 Å². The molecule has 0 atom stereocenters. The number of hydrogen-bond donors (Lipinski definition) is 3. The van der Waals surface area contributed by atoms with Gasteiger partial charge in [-0.15, -0.1) is 0 Å². The van der Waals surface area contributed by atoms with Crippen LogP contribution >= 0.6 is 0 Å². The number of nitrogens with zero attached hydrogens (tertiary/aromatic N) is 5. The zero-order valence-electron chi connectivity index (χ0n) is 21.0. The van der Waals surface area contributed by atoms with Crippen LogP contribution in [0.2, 0.25) is 0 Å². The van der Waals surface area contributed by atoms with E-state index in [-0.39, 0.29) is 17.4 Å². The molecule has 0 radical (unpaired) electrons. The average molecular weight is 473 g/mol. The maximum Gasteiger partial charge on any atom is 0.254 e. The Morgan fingerprint density at radius 1 is 1.20 bits per heavy atom. The zero-order valence-corrected chi connectivity index (χ0v) is 21.0. The lowest BCUT2D eigenvalue weighted by atomic mass is 10.0. The van der Waals surface area contributed by atoms with Crippen LogP contribution in [0.1, 0.15) is 67.7 Å². The molecule has 1 amide bonds. The van der Waals surface area contributed by atoms with Gasteiger partial charge in [-0.3, -0.25) is 14.6 Å². The lowest BCUT2D eigenvalue weighted by Crippen LogP contribution is -2.24. The summed E-state index contributed by atoms with van der Waals surface area (Å²) < 4.78 is 1.79. The van der Waals surface area contributed by atoms with Crippen molar-refractivity contribution in [2.75, 3.05) is 5.32 Å². The standard InChI is InChI=1S/C26H32N8O/c1-16(2)23-22(14-29-33-23)32-25-27-10-9-21(31-25)18-7-8-19(17(3)11-18)12-28-24(35)20-13-30-34(15-20)26(4,5)6/h7-11,13-16H,12H2,1-6H3,(H,28,35)(H,29,33)(H,27,31,32). The van der Waals surface area contributed by atoms with E-state index in [1.165, 1.54) is 0 Å². The van der Waals surface area contributed by atoms with Crippen molar-refractivity contribution < 1.29 is 4.79 Å². The minimum atomic E-state index is -0.170. The average Bonchev–Trinajstić information content (AvgIpc) is 3.48. The van der Waals surface area contributed by atoms with Gasteiger partial charge in [0.1, 0.15) is 0 Å². The molecule has 0 unspecified atom stereocenters. The highest BCUT2D eigenvalue weighted by Gasteiger charge is 2.17. The van der Waals surface area contributed by atoms with Crippen molar-refractivity contribution in [1.29, 1.82) is 0 Å². The highest BCUT2D eigenvalue weighted by Crippen LogP contribution is 2.25. The summed E-state index contributed by atoms with van der Waals surface area (Å²) in [7, 11) is 0. The first-order valence-electron chi connectivity index (χ1n) is 11.7. The van der Waals surface area contributed by atoms with Crippen molar-refractivity contribution in [3.8, 4) is 11.3 Å². The first kappa shape index (κ1) is 24.1. The summed E-state index contributed by atoms with van der Waals surface area (Å²) in [4.78, 5) is 21.6. The zero-order chi connectivity index (χ0) is 25.2. The van der Waals surface area contributed by atoms with E-state index in [0.717, 1.165) is 33.8 Å². The third-order valence-electron chi connectivity index (χ3n) is 5.73. The summed E-state index contributed by atoms with van der Waals surface area (Å²) in [5, 5.41) is 17.7. The second-order valence-electron chi connectivity index (χ2n) is 9.90. The van der Waals surface area contributed by atoms with Crippen molar-refractivity contribution in [2.45, 2.75) is 59.5 Å². The summed E-state index contributed by atoms with van der Waals surface area (Å²) >= 11 is 0. The van der Waals surface area contributed by atoms with Gasteiger partial charge in [0.25, 0.3) is 5.91 Å². The third kappa shape index (κ3) is 5.56. The molecule has 0 saturated carbocycles. The number of rotatable bonds is 7. The summed E-state index contributed by atoms with van der Waals surface area (Å²) in [5.41, 5.74) is 6.08. The van der Waals surface area contributed by atoms with E-state index >= 15 is 0 Å². The molecule has 0 fully saturated rings. The molecule has 9 heteroatoms. The van der Waals surface area contributed by atoms with E-state index in [4.69, 9.17) is 0 Å². The van der Waals surface area contributed by atoms with Crippen LogP contribution in [0.4, 0.5) is 11.6 Å². The van der Waals surface area contributed by atoms with Crippen molar-refractivity contribution in [1.82, 2.24) is 35.3 Å². The fourth-order valence-corrected chi connectivity index (χ4v) is 3.68. The van der Waals surface area contributed by atoms with E-state index in [9.17, 15) is 4.79 Å². The maximum atomic E-state index is 12.6. The summed E-state index contributed by atoms with van der Waals surface area (Å²) in [6.07, 6.45) is 6.93. The molecule has 0 aliphatic rings. The van der Waals surface area contributed by atoms with Gasteiger partial charge in [-0.1, -0.05) is 26.0 Å². The SMILES string of the molecule is Cc1cc(-c2ccnc(Nc3c[nH]nc3C(C)C)n2)ccc1CNC(=O)c1cnn(C(C)(C)C)c1. The van der Waals surface area contributed by atoms with E-state index in [1.807, 2.05) is 52.1 Å². The molecular weight excluding hydrogens is 440 g/mol. The number of carbonyl (C=O) groups is 1. The van der Waals surface area contributed by atoms with Gasteiger partial charge in [-0.2, -0.15) is 10.2 Å². The number of benzene rings is 1. The Balaban J connectivity index is 1.44. The molecule has 9 nitrogen and oxygen atoms in total. The van der Waals surface area contributed by atoms with Gasteiger partial charge in [-0.25, -0.2) is 9.97 Å². The van der Waals surface area contributed by atoms with E-state index in [0.29, 0.717) is 18.1 Å². The Kier molecular flexibility index (Phi) is 6.68. The van der Waals surface area contributed by atoms with Crippen LogP contribution in [0.5, 0.6) is 0 Å². The quantitative estimate of drug-likeness (QED) is 0.352. The molecule has 3 aromatic heterocycles. The predicted molar refractivity (Wildman–Crippen MR) is 137 cm³/mol. The van der Waals surface area contributed by atoms with E-state index < -0.39 is 0 Å². The van der Waals surface area contributed by atoms with Crippen molar-refractivity contribution in [3.05, 3.63) is 71.4 Å². The first-order valence-corrected chi connectivity index (χ1v) is 11.7. The fourth-order valence-electron chi connectivity index (χ4n) is 3.68. The Morgan fingerprint density at radius 2 is 2.00 bits per heavy atom. The Labute approximate surface area is 205 Å².